The second-order valence-corrected chi connectivity index (χ2v) is 4.88. The Morgan fingerprint density at radius 1 is 1.25 bits per heavy atom. The molecule has 0 spiro atoms. The molecule has 1 unspecified atom stereocenters. The summed E-state index contributed by atoms with van der Waals surface area (Å²) in [6.07, 6.45) is 3.06. The van der Waals surface area contributed by atoms with Gasteiger partial charge in [-0.1, -0.05) is 0 Å². The zero-order valence-corrected chi connectivity index (χ0v) is 10.4. The monoisotopic (exact) mass is 227 g/mol. The first-order chi connectivity index (χ1) is 7.83. The smallest absolute Gasteiger partial charge is 0.0823 e. The fraction of sp³-hybridized carbons (Fsp3) is 1.00. The van der Waals surface area contributed by atoms with Gasteiger partial charge in [-0.3, -0.25) is 9.80 Å². The molecule has 0 aromatic heterocycles. The Hall–Kier alpha value is -0.160. The normalized spacial score (nSPS) is 25.9. The van der Waals surface area contributed by atoms with Crippen LogP contribution in [-0.2, 0) is 4.74 Å². The van der Waals surface area contributed by atoms with E-state index in [0.29, 0.717) is 6.54 Å². The number of nitrogens with two attached hydrogens (primary N) is 1. The highest BCUT2D eigenvalue weighted by atomic mass is 16.5. The molecule has 0 aromatic carbocycles. The van der Waals surface area contributed by atoms with Crippen molar-refractivity contribution in [3.8, 4) is 0 Å². The number of nitrogens with zero attached hydrogens (tertiary/aromatic N) is 2. The summed E-state index contributed by atoms with van der Waals surface area (Å²) >= 11 is 0. The number of rotatable bonds is 6. The molecule has 1 atom stereocenters. The number of hydrogen-bond acceptors (Lipinski definition) is 4. The van der Waals surface area contributed by atoms with Crippen LogP contribution in [0.15, 0.2) is 0 Å². The summed E-state index contributed by atoms with van der Waals surface area (Å²) in [5.74, 6) is 0. The average molecular weight is 227 g/mol. The van der Waals surface area contributed by atoms with Gasteiger partial charge in [-0.05, 0) is 19.8 Å². The Kier molecular flexibility index (Phi) is 4.58. The maximum Gasteiger partial charge on any atom is 0.0823 e. The molecular formula is C12H25N3O. The van der Waals surface area contributed by atoms with Crippen LogP contribution in [-0.4, -0.2) is 67.8 Å². The van der Waals surface area contributed by atoms with E-state index >= 15 is 0 Å². The highest BCUT2D eigenvalue weighted by Gasteiger charge is 2.31. The fourth-order valence-corrected chi connectivity index (χ4v) is 2.47. The van der Waals surface area contributed by atoms with Crippen LogP contribution in [0.4, 0.5) is 0 Å². The van der Waals surface area contributed by atoms with Gasteiger partial charge in [0, 0.05) is 51.9 Å². The first-order valence-corrected chi connectivity index (χ1v) is 6.61. The zero-order valence-electron chi connectivity index (χ0n) is 10.4. The molecule has 1 heterocycles. The second kappa shape index (κ2) is 5.96. The van der Waals surface area contributed by atoms with Crippen molar-refractivity contribution in [1.82, 2.24) is 9.80 Å². The molecule has 0 aromatic rings. The van der Waals surface area contributed by atoms with Gasteiger partial charge in [0.25, 0.3) is 0 Å². The first-order valence-electron chi connectivity index (χ1n) is 6.61. The Balaban J connectivity index is 1.67. The van der Waals surface area contributed by atoms with Crippen molar-refractivity contribution in [1.29, 1.82) is 0 Å². The van der Waals surface area contributed by atoms with Crippen LogP contribution in [0.2, 0.25) is 0 Å². The minimum atomic E-state index is 0.220. The van der Waals surface area contributed by atoms with Gasteiger partial charge in [0.1, 0.15) is 0 Å². The molecule has 1 aliphatic carbocycles. The minimum absolute atomic E-state index is 0.220. The lowest BCUT2D eigenvalue weighted by Crippen LogP contribution is -2.50. The molecule has 0 bridgehead atoms. The molecule has 0 radical (unpaired) electrons. The quantitative estimate of drug-likeness (QED) is 0.700. The molecule has 2 rings (SSSR count). The van der Waals surface area contributed by atoms with Crippen LogP contribution < -0.4 is 5.73 Å². The van der Waals surface area contributed by atoms with E-state index in [1.54, 1.807) is 0 Å². The molecule has 0 amide bonds. The van der Waals surface area contributed by atoms with Crippen molar-refractivity contribution in [2.24, 2.45) is 5.73 Å². The largest absolute Gasteiger partial charge is 0.376 e. The first kappa shape index (κ1) is 12.3. The molecule has 1 saturated heterocycles. The van der Waals surface area contributed by atoms with Gasteiger partial charge < -0.3 is 10.5 Å². The highest BCUT2D eigenvalue weighted by molar-refractivity contribution is 4.87. The van der Waals surface area contributed by atoms with Gasteiger partial charge in [0.15, 0.2) is 0 Å². The molecule has 4 nitrogen and oxygen atoms in total. The van der Waals surface area contributed by atoms with Crippen LogP contribution >= 0.6 is 0 Å². The van der Waals surface area contributed by atoms with E-state index in [0.717, 1.165) is 19.2 Å². The molecule has 2 N–H and O–H groups in total. The molecule has 2 fully saturated rings. The average Bonchev–Trinajstić information content (AvgIpc) is 3.13. The number of hydrogen-bond donors (Lipinski definition) is 1. The third-order valence-corrected chi connectivity index (χ3v) is 3.60. The third-order valence-electron chi connectivity index (χ3n) is 3.60. The Morgan fingerprint density at radius 2 is 1.94 bits per heavy atom. The van der Waals surface area contributed by atoms with Crippen molar-refractivity contribution in [2.75, 3.05) is 45.9 Å². The van der Waals surface area contributed by atoms with Crippen LogP contribution in [0.5, 0.6) is 0 Å². The third kappa shape index (κ3) is 3.42. The topological polar surface area (TPSA) is 41.7 Å². The van der Waals surface area contributed by atoms with Gasteiger partial charge in [-0.15, -0.1) is 0 Å². The van der Waals surface area contributed by atoms with E-state index < -0.39 is 0 Å². The lowest BCUT2D eigenvalue weighted by Gasteiger charge is -2.36. The molecule has 2 aliphatic rings. The lowest BCUT2D eigenvalue weighted by atomic mass is 10.2. The van der Waals surface area contributed by atoms with E-state index in [1.165, 1.54) is 39.0 Å². The molecule has 94 valence electrons. The van der Waals surface area contributed by atoms with Gasteiger partial charge in [-0.2, -0.15) is 0 Å². The van der Waals surface area contributed by atoms with E-state index in [1.807, 2.05) is 6.92 Å². The van der Waals surface area contributed by atoms with E-state index in [4.69, 9.17) is 10.5 Å². The van der Waals surface area contributed by atoms with Crippen molar-refractivity contribution in [3.63, 3.8) is 0 Å². The molecular weight excluding hydrogens is 202 g/mol. The highest BCUT2D eigenvalue weighted by Crippen LogP contribution is 2.27. The minimum Gasteiger partial charge on any atom is -0.376 e. The SMILES string of the molecule is CCOC(CN)CN1CCN(C2CC2)CC1. The second-order valence-electron chi connectivity index (χ2n) is 4.88. The Bertz CT molecular complexity index is 200. The van der Waals surface area contributed by atoms with Crippen molar-refractivity contribution >= 4 is 0 Å². The summed E-state index contributed by atoms with van der Waals surface area (Å²) in [7, 11) is 0. The van der Waals surface area contributed by atoms with E-state index in [9.17, 15) is 0 Å². The summed E-state index contributed by atoms with van der Waals surface area (Å²) in [4.78, 5) is 5.13. The molecule has 16 heavy (non-hydrogen) atoms. The van der Waals surface area contributed by atoms with E-state index in [-0.39, 0.29) is 6.10 Å². The predicted octanol–water partition coefficient (Wildman–Crippen LogP) is 0.130. The standard InChI is InChI=1S/C12H25N3O/c1-2-16-12(9-13)10-14-5-7-15(8-6-14)11-3-4-11/h11-12H,2-10,13H2,1H3. The van der Waals surface area contributed by atoms with Gasteiger partial charge in [0.2, 0.25) is 0 Å². The van der Waals surface area contributed by atoms with Gasteiger partial charge >= 0.3 is 0 Å². The predicted molar refractivity (Wildman–Crippen MR) is 65.5 cm³/mol. The summed E-state index contributed by atoms with van der Waals surface area (Å²) in [5.41, 5.74) is 5.70. The van der Waals surface area contributed by atoms with Crippen molar-refractivity contribution in [3.05, 3.63) is 0 Å². The summed E-state index contributed by atoms with van der Waals surface area (Å²) < 4.78 is 5.60. The molecule has 1 saturated carbocycles. The Labute approximate surface area is 98.7 Å². The van der Waals surface area contributed by atoms with Crippen molar-refractivity contribution in [2.45, 2.75) is 31.9 Å². The van der Waals surface area contributed by atoms with Crippen LogP contribution in [0.3, 0.4) is 0 Å². The molecule has 4 heteroatoms. The van der Waals surface area contributed by atoms with Gasteiger partial charge in [0.05, 0.1) is 6.10 Å². The Morgan fingerprint density at radius 3 is 2.44 bits per heavy atom. The summed E-state index contributed by atoms with van der Waals surface area (Å²) in [6, 6.07) is 0.916. The number of piperazine rings is 1. The molecule has 1 aliphatic heterocycles. The maximum atomic E-state index is 5.70. The zero-order chi connectivity index (χ0) is 11.4. The van der Waals surface area contributed by atoms with Crippen LogP contribution in [0.1, 0.15) is 19.8 Å². The summed E-state index contributed by atoms with van der Waals surface area (Å²) in [6.45, 7) is 9.26. The van der Waals surface area contributed by atoms with Crippen LogP contribution in [0.25, 0.3) is 0 Å². The van der Waals surface area contributed by atoms with Gasteiger partial charge in [-0.25, -0.2) is 0 Å². The number of ether oxygens (including phenoxy) is 1. The van der Waals surface area contributed by atoms with Crippen molar-refractivity contribution < 1.29 is 4.74 Å². The van der Waals surface area contributed by atoms with Crippen LogP contribution in [0, 0.1) is 0 Å². The maximum absolute atomic E-state index is 5.70. The van der Waals surface area contributed by atoms with E-state index in [2.05, 4.69) is 9.80 Å². The summed E-state index contributed by atoms with van der Waals surface area (Å²) in [5, 5.41) is 0. The lowest BCUT2D eigenvalue weighted by molar-refractivity contribution is 0.0235. The fourth-order valence-electron chi connectivity index (χ4n) is 2.47.